The Kier molecular flexibility index (Phi) is 9.73. The average Bonchev–Trinajstić information content (AvgIpc) is 2.82. The van der Waals surface area contributed by atoms with Crippen molar-refractivity contribution in [3.05, 3.63) is 0 Å². The molecule has 21 heavy (non-hydrogen) atoms. The minimum absolute atomic E-state index is 0.162. The highest BCUT2D eigenvalue weighted by Gasteiger charge is 2.36. The molecule has 1 aliphatic rings. The van der Waals surface area contributed by atoms with Crippen LogP contribution in [0.15, 0.2) is 0 Å². The minimum atomic E-state index is -0.328. The number of hydrogen-bond acceptors (Lipinski definition) is 3. The van der Waals surface area contributed by atoms with Gasteiger partial charge < -0.3 is 9.47 Å². The summed E-state index contributed by atoms with van der Waals surface area (Å²) >= 11 is 0. The number of hydrogen-bond donors (Lipinski definition) is 0. The molecule has 2 atom stereocenters. The average molecular weight is 298 g/mol. The fourth-order valence-electron chi connectivity index (χ4n) is 2.73. The van der Waals surface area contributed by atoms with Crippen LogP contribution < -0.4 is 0 Å². The largest absolute Gasteiger partial charge is 0.434 e. The smallest absolute Gasteiger partial charge is 0.337 e. The van der Waals surface area contributed by atoms with Gasteiger partial charge in [0.05, 0.1) is 0 Å². The van der Waals surface area contributed by atoms with Crippen LogP contribution in [0, 0.1) is 5.92 Å². The molecule has 1 saturated heterocycles. The lowest BCUT2D eigenvalue weighted by molar-refractivity contribution is -0.146. The topological polar surface area (TPSA) is 35.5 Å². The second kappa shape index (κ2) is 11.1. The lowest BCUT2D eigenvalue weighted by atomic mass is 10.0. The van der Waals surface area contributed by atoms with Crippen molar-refractivity contribution in [1.82, 2.24) is 0 Å². The van der Waals surface area contributed by atoms with Gasteiger partial charge in [-0.1, -0.05) is 85.0 Å². The van der Waals surface area contributed by atoms with Crippen molar-refractivity contribution in [1.29, 1.82) is 0 Å². The molecule has 0 aromatic carbocycles. The number of cyclic esters (lactones) is 1. The van der Waals surface area contributed by atoms with E-state index in [1.54, 1.807) is 0 Å². The van der Waals surface area contributed by atoms with Gasteiger partial charge in [-0.25, -0.2) is 4.79 Å². The lowest BCUT2D eigenvalue weighted by Gasteiger charge is -2.12. The second-order valence-corrected chi connectivity index (χ2v) is 6.64. The van der Waals surface area contributed by atoms with Gasteiger partial charge in [-0.3, -0.25) is 0 Å². The fourth-order valence-corrected chi connectivity index (χ4v) is 2.73. The third-order valence-corrected chi connectivity index (χ3v) is 4.16. The summed E-state index contributed by atoms with van der Waals surface area (Å²) in [6, 6.07) is 0. The molecule has 0 radical (unpaired) electrons. The zero-order valence-electron chi connectivity index (χ0n) is 14.2. The third-order valence-electron chi connectivity index (χ3n) is 4.16. The van der Waals surface area contributed by atoms with Gasteiger partial charge in [0.15, 0.2) is 6.10 Å². The zero-order chi connectivity index (χ0) is 15.5. The normalized spacial score (nSPS) is 22.0. The van der Waals surface area contributed by atoms with E-state index in [0.29, 0.717) is 0 Å². The molecule has 0 aromatic rings. The Morgan fingerprint density at radius 3 is 1.90 bits per heavy atom. The maximum Gasteiger partial charge on any atom is 0.337 e. The summed E-state index contributed by atoms with van der Waals surface area (Å²) in [6.45, 7) is 6.29. The Hall–Kier alpha value is -0.570. The van der Waals surface area contributed by atoms with Gasteiger partial charge in [0.2, 0.25) is 6.29 Å². The molecule has 0 bridgehead atoms. The van der Waals surface area contributed by atoms with E-state index >= 15 is 0 Å². The summed E-state index contributed by atoms with van der Waals surface area (Å²) in [5.41, 5.74) is 0. The van der Waals surface area contributed by atoms with E-state index in [4.69, 9.17) is 9.47 Å². The zero-order valence-corrected chi connectivity index (χ0v) is 14.2. The Morgan fingerprint density at radius 1 is 0.905 bits per heavy atom. The van der Waals surface area contributed by atoms with E-state index in [1.165, 1.54) is 57.8 Å². The van der Waals surface area contributed by atoms with E-state index in [1.807, 2.05) is 13.8 Å². The number of unbranched alkanes of at least 4 members (excludes halogenated alkanes) is 9. The predicted octanol–water partition coefficient (Wildman–Crippen LogP) is 5.22. The maximum absolute atomic E-state index is 11.6. The molecule has 0 saturated carbocycles. The summed E-state index contributed by atoms with van der Waals surface area (Å²) in [5.74, 6) is 0.0799. The van der Waals surface area contributed by atoms with Crippen LogP contribution >= 0.6 is 0 Å². The van der Waals surface area contributed by atoms with Gasteiger partial charge >= 0.3 is 5.97 Å². The molecule has 3 nitrogen and oxygen atoms in total. The molecule has 1 heterocycles. The summed E-state index contributed by atoms with van der Waals surface area (Å²) in [5, 5.41) is 0. The number of carbonyl (C=O) groups is 1. The summed E-state index contributed by atoms with van der Waals surface area (Å²) < 4.78 is 10.9. The Labute approximate surface area is 130 Å². The van der Waals surface area contributed by atoms with Crippen LogP contribution in [0.4, 0.5) is 0 Å². The molecule has 1 fully saturated rings. The van der Waals surface area contributed by atoms with Crippen molar-refractivity contribution >= 4 is 5.97 Å². The first-order chi connectivity index (χ1) is 10.1. The number of rotatable bonds is 12. The molecular weight excluding hydrogens is 264 g/mol. The van der Waals surface area contributed by atoms with E-state index in [0.717, 1.165) is 12.8 Å². The van der Waals surface area contributed by atoms with Gasteiger partial charge in [-0.05, 0) is 6.42 Å². The fraction of sp³-hybridized carbons (Fsp3) is 0.944. The Morgan fingerprint density at radius 2 is 1.43 bits per heavy atom. The minimum Gasteiger partial charge on any atom is -0.434 e. The van der Waals surface area contributed by atoms with E-state index in [-0.39, 0.29) is 24.3 Å². The predicted molar refractivity (Wildman–Crippen MR) is 86.1 cm³/mol. The van der Waals surface area contributed by atoms with Gasteiger partial charge in [0.25, 0.3) is 0 Å². The highest BCUT2D eigenvalue weighted by atomic mass is 16.8. The molecule has 1 rings (SSSR count). The van der Waals surface area contributed by atoms with Gasteiger partial charge in [0, 0.05) is 5.92 Å². The SMILES string of the molecule is CCCCCCCCCCCC[C@H]1O[C@@H](C(C)C)OC1=O. The van der Waals surface area contributed by atoms with Crippen LogP contribution in [0.1, 0.15) is 91.4 Å². The number of ether oxygens (including phenoxy) is 2. The van der Waals surface area contributed by atoms with Crippen molar-refractivity contribution in [3.63, 3.8) is 0 Å². The van der Waals surface area contributed by atoms with Crippen molar-refractivity contribution in [3.8, 4) is 0 Å². The maximum atomic E-state index is 11.6. The molecule has 0 unspecified atom stereocenters. The van der Waals surface area contributed by atoms with Crippen molar-refractivity contribution in [2.24, 2.45) is 5.92 Å². The molecule has 124 valence electrons. The van der Waals surface area contributed by atoms with Crippen LogP contribution in [0.25, 0.3) is 0 Å². The first-order valence-electron chi connectivity index (χ1n) is 9.01. The highest BCUT2D eigenvalue weighted by molar-refractivity contribution is 5.76. The first-order valence-corrected chi connectivity index (χ1v) is 9.01. The molecule has 3 heteroatoms. The van der Waals surface area contributed by atoms with Gasteiger partial charge in [-0.15, -0.1) is 0 Å². The monoisotopic (exact) mass is 298 g/mol. The second-order valence-electron chi connectivity index (χ2n) is 6.64. The molecule has 1 aliphatic heterocycles. The molecule has 0 aromatic heterocycles. The Bertz CT molecular complexity index is 276. The summed E-state index contributed by atoms with van der Waals surface area (Å²) in [7, 11) is 0. The van der Waals surface area contributed by atoms with Crippen LogP contribution in [0.2, 0.25) is 0 Å². The highest BCUT2D eigenvalue weighted by Crippen LogP contribution is 2.23. The standard InChI is InChI=1S/C18H34O3/c1-4-5-6-7-8-9-10-11-12-13-14-16-17(19)21-18(20-16)15(2)3/h15-16,18H,4-14H2,1-3H3/t16-,18-/m1/s1. The quantitative estimate of drug-likeness (QED) is 0.366. The van der Waals surface area contributed by atoms with E-state index in [2.05, 4.69) is 6.92 Å². The molecular formula is C18H34O3. The van der Waals surface area contributed by atoms with Crippen LogP contribution in [-0.4, -0.2) is 18.4 Å². The molecule has 0 spiro atoms. The summed E-state index contributed by atoms with van der Waals surface area (Å²) in [4.78, 5) is 11.6. The summed E-state index contributed by atoms with van der Waals surface area (Å²) in [6.07, 6.45) is 13.3. The number of carbonyl (C=O) groups excluding carboxylic acids is 1. The van der Waals surface area contributed by atoms with Crippen molar-refractivity contribution in [2.75, 3.05) is 0 Å². The van der Waals surface area contributed by atoms with Gasteiger partial charge in [0.1, 0.15) is 0 Å². The van der Waals surface area contributed by atoms with Crippen molar-refractivity contribution in [2.45, 2.75) is 104 Å². The molecule has 0 amide bonds. The van der Waals surface area contributed by atoms with E-state index in [9.17, 15) is 4.79 Å². The number of esters is 1. The third kappa shape index (κ3) is 7.85. The van der Waals surface area contributed by atoms with E-state index < -0.39 is 0 Å². The van der Waals surface area contributed by atoms with Crippen LogP contribution in [-0.2, 0) is 14.3 Å². The molecule has 0 aliphatic carbocycles. The molecule has 0 N–H and O–H groups in total. The van der Waals surface area contributed by atoms with Crippen molar-refractivity contribution < 1.29 is 14.3 Å². The van der Waals surface area contributed by atoms with Gasteiger partial charge in [-0.2, -0.15) is 0 Å². The lowest BCUT2D eigenvalue weighted by Crippen LogP contribution is -2.17. The van der Waals surface area contributed by atoms with Crippen LogP contribution in [0.5, 0.6) is 0 Å². The van der Waals surface area contributed by atoms with Crippen LogP contribution in [0.3, 0.4) is 0 Å². The first kappa shape index (κ1) is 18.5. The Balaban J connectivity index is 1.92.